The zero-order valence-corrected chi connectivity index (χ0v) is 17.0. The topological polar surface area (TPSA) is 61.6 Å². The minimum atomic E-state index is -0.131. The number of aromatic nitrogens is 1. The average Bonchev–Trinajstić information content (AvgIpc) is 3.42. The Morgan fingerprint density at radius 3 is 2.83 bits per heavy atom. The van der Waals surface area contributed by atoms with Crippen LogP contribution in [0.3, 0.4) is 0 Å². The van der Waals surface area contributed by atoms with E-state index in [2.05, 4.69) is 20.1 Å². The van der Waals surface area contributed by atoms with Gasteiger partial charge in [0.1, 0.15) is 0 Å². The molecule has 1 amide bonds. The van der Waals surface area contributed by atoms with Gasteiger partial charge in [0.25, 0.3) is 0 Å². The zero-order chi connectivity index (χ0) is 19.7. The van der Waals surface area contributed by atoms with E-state index < -0.39 is 0 Å². The SMILES string of the molecule is O=C(N1CCN(Cc2ncc(-c3ccccc3)o2)CC1)[C@@]12CCCC[C@H]1CNC2. The van der Waals surface area contributed by atoms with Crippen molar-refractivity contribution in [2.75, 3.05) is 39.3 Å². The van der Waals surface area contributed by atoms with Gasteiger partial charge in [0, 0.05) is 38.3 Å². The molecule has 1 aromatic carbocycles. The zero-order valence-electron chi connectivity index (χ0n) is 17.0. The second-order valence-electron chi connectivity index (χ2n) is 8.78. The van der Waals surface area contributed by atoms with Crippen molar-refractivity contribution in [3.05, 3.63) is 42.4 Å². The van der Waals surface area contributed by atoms with Crippen molar-refractivity contribution < 1.29 is 9.21 Å². The largest absolute Gasteiger partial charge is 0.439 e. The van der Waals surface area contributed by atoms with Gasteiger partial charge >= 0.3 is 0 Å². The molecule has 0 unspecified atom stereocenters. The van der Waals surface area contributed by atoms with Crippen molar-refractivity contribution in [3.63, 3.8) is 0 Å². The normalized spacial score (nSPS) is 27.7. The fourth-order valence-electron chi connectivity index (χ4n) is 5.40. The standard InChI is InChI=1S/C23H30N4O2/c28-22(23-9-5-4-8-19(23)14-24-17-23)27-12-10-26(11-13-27)16-21-25-15-20(29-21)18-6-2-1-3-7-18/h1-3,6-7,15,19,24H,4-5,8-14,16-17H2/t19-,23+/m0/s1. The van der Waals surface area contributed by atoms with Crippen molar-refractivity contribution in [1.82, 2.24) is 20.1 Å². The molecule has 2 atom stereocenters. The highest BCUT2D eigenvalue weighted by atomic mass is 16.4. The van der Waals surface area contributed by atoms with E-state index in [4.69, 9.17) is 4.42 Å². The Balaban J connectivity index is 1.18. The number of nitrogens with one attached hydrogen (secondary N) is 1. The molecule has 1 saturated carbocycles. The molecule has 5 rings (SSSR count). The first-order valence-corrected chi connectivity index (χ1v) is 11.0. The fraction of sp³-hybridized carbons (Fsp3) is 0.565. The molecule has 6 nitrogen and oxygen atoms in total. The lowest BCUT2D eigenvalue weighted by Crippen LogP contribution is -2.55. The summed E-state index contributed by atoms with van der Waals surface area (Å²) in [6.07, 6.45) is 6.53. The van der Waals surface area contributed by atoms with E-state index in [1.807, 2.05) is 30.3 Å². The molecule has 3 heterocycles. The summed E-state index contributed by atoms with van der Waals surface area (Å²) in [6.45, 7) is 5.95. The van der Waals surface area contributed by atoms with Crippen molar-refractivity contribution >= 4 is 5.91 Å². The number of carbonyl (C=O) groups excluding carboxylic acids is 1. The molecule has 0 spiro atoms. The maximum Gasteiger partial charge on any atom is 0.230 e. The summed E-state index contributed by atoms with van der Waals surface area (Å²) in [4.78, 5) is 22.3. The highest BCUT2D eigenvalue weighted by Gasteiger charge is 2.51. The Labute approximate surface area is 172 Å². The van der Waals surface area contributed by atoms with E-state index in [-0.39, 0.29) is 5.41 Å². The number of piperazine rings is 1. The Morgan fingerprint density at radius 2 is 2.00 bits per heavy atom. The van der Waals surface area contributed by atoms with Gasteiger partial charge in [0.15, 0.2) is 5.76 Å². The highest BCUT2D eigenvalue weighted by Crippen LogP contribution is 2.45. The molecule has 6 heteroatoms. The summed E-state index contributed by atoms with van der Waals surface area (Å²) in [7, 11) is 0. The number of nitrogens with zero attached hydrogens (tertiary/aromatic N) is 3. The quantitative estimate of drug-likeness (QED) is 0.864. The molecular weight excluding hydrogens is 364 g/mol. The Bertz CT molecular complexity index is 844. The molecule has 3 aliphatic rings. The number of benzene rings is 1. The Kier molecular flexibility index (Phi) is 5.14. The van der Waals surface area contributed by atoms with E-state index in [1.54, 1.807) is 6.20 Å². The number of carbonyl (C=O) groups is 1. The number of oxazole rings is 1. The minimum Gasteiger partial charge on any atom is -0.439 e. The van der Waals surface area contributed by atoms with Gasteiger partial charge < -0.3 is 14.6 Å². The maximum absolute atomic E-state index is 13.4. The van der Waals surface area contributed by atoms with Crippen LogP contribution >= 0.6 is 0 Å². The van der Waals surface area contributed by atoms with Crippen LogP contribution in [0.1, 0.15) is 31.6 Å². The molecule has 3 fully saturated rings. The molecule has 1 N–H and O–H groups in total. The van der Waals surface area contributed by atoms with Gasteiger partial charge in [-0.25, -0.2) is 4.98 Å². The molecule has 2 saturated heterocycles. The summed E-state index contributed by atoms with van der Waals surface area (Å²) in [5.74, 6) is 2.49. The summed E-state index contributed by atoms with van der Waals surface area (Å²) >= 11 is 0. The molecule has 0 radical (unpaired) electrons. The van der Waals surface area contributed by atoms with E-state index in [0.717, 1.165) is 62.9 Å². The first-order valence-electron chi connectivity index (χ1n) is 11.0. The number of hydrogen-bond acceptors (Lipinski definition) is 5. The Morgan fingerprint density at radius 1 is 1.17 bits per heavy atom. The summed E-state index contributed by atoms with van der Waals surface area (Å²) in [5.41, 5.74) is 0.918. The van der Waals surface area contributed by atoms with Crippen LogP contribution in [0.2, 0.25) is 0 Å². The van der Waals surface area contributed by atoms with Crippen LogP contribution in [0, 0.1) is 11.3 Å². The van der Waals surface area contributed by atoms with Crippen LogP contribution in [0.4, 0.5) is 0 Å². The van der Waals surface area contributed by atoms with Gasteiger partial charge in [-0.05, 0) is 25.3 Å². The fourth-order valence-corrected chi connectivity index (χ4v) is 5.40. The summed E-state index contributed by atoms with van der Waals surface area (Å²) in [5, 5.41) is 3.50. The predicted molar refractivity (Wildman–Crippen MR) is 111 cm³/mol. The van der Waals surface area contributed by atoms with Crippen molar-refractivity contribution in [1.29, 1.82) is 0 Å². The van der Waals surface area contributed by atoms with Crippen molar-refractivity contribution in [3.8, 4) is 11.3 Å². The third-order valence-electron chi connectivity index (χ3n) is 7.09. The Hall–Kier alpha value is -2.18. The first kappa shape index (κ1) is 18.8. The van der Waals surface area contributed by atoms with E-state index >= 15 is 0 Å². The van der Waals surface area contributed by atoms with Gasteiger partial charge in [0.05, 0.1) is 18.2 Å². The summed E-state index contributed by atoms with van der Waals surface area (Å²) in [6, 6.07) is 10.1. The third-order valence-corrected chi connectivity index (χ3v) is 7.09. The monoisotopic (exact) mass is 394 g/mol. The van der Waals surface area contributed by atoms with Crippen LogP contribution in [0.5, 0.6) is 0 Å². The number of amides is 1. The lowest BCUT2D eigenvalue weighted by Gasteiger charge is -2.43. The van der Waals surface area contributed by atoms with Crippen LogP contribution in [0.15, 0.2) is 40.9 Å². The van der Waals surface area contributed by atoms with Crippen LogP contribution < -0.4 is 5.32 Å². The number of fused-ring (bicyclic) bond motifs is 1. The maximum atomic E-state index is 13.4. The van der Waals surface area contributed by atoms with E-state index in [0.29, 0.717) is 18.4 Å². The lowest BCUT2D eigenvalue weighted by atomic mass is 9.67. The molecule has 1 aliphatic carbocycles. The van der Waals surface area contributed by atoms with Crippen molar-refractivity contribution in [2.24, 2.45) is 11.3 Å². The average molecular weight is 395 g/mol. The second kappa shape index (κ2) is 7.92. The van der Waals surface area contributed by atoms with Gasteiger partial charge in [-0.1, -0.05) is 43.2 Å². The molecule has 29 heavy (non-hydrogen) atoms. The molecular formula is C23H30N4O2. The lowest BCUT2D eigenvalue weighted by molar-refractivity contribution is -0.147. The van der Waals surface area contributed by atoms with Crippen molar-refractivity contribution in [2.45, 2.75) is 32.2 Å². The van der Waals surface area contributed by atoms with E-state index in [1.165, 1.54) is 19.3 Å². The van der Waals surface area contributed by atoms with E-state index in [9.17, 15) is 4.79 Å². The van der Waals surface area contributed by atoms with Gasteiger partial charge in [0.2, 0.25) is 11.8 Å². The predicted octanol–water partition coefficient (Wildman–Crippen LogP) is 2.77. The van der Waals surface area contributed by atoms with Crippen LogP contribution in [0.25, 0.3) is 11.3 Å². The molecule has 154 valence electrons. The molecule has 2 aromatic rings. The minimum absolute atomic E-state index is 0.131. The molecule has 1 aromatic heterocycles. The number of hydrogen-bond donors (Lipinski definition) is 1. The van der Waals surface area contributed by atoms with Gasteiger partial charge in [-0.2, -0.15) is 0 Å². The molecule has 0 bridgehead atoms. The first-order chi connectivity index (χ1) is 14.2. The third kappa shape index (κ3) is 3.60. The highest BCUT2D eigenvalue weighted by molar-refractivity contribution is 5.84. The van der Waals surface area contributed by atoms with Crippen LogP contribution in [-0.2, 0) is 11.3 Å². The smallest absolute Gasteiger partial charge is 0.230 e. The van der Waals surface area contributed by atoms with Crippen LogP contribution in [-0.4, -0.2) is 60.0 Å². The second-order valence-corrected chi connectivity index (χ2v) is 8.78. The van der Waals surface area contributed by atoms with Gasteiger partial charge in [-0.3, -0.25) is 9.69 Å². The molecule has 2 aliphatic heterocycles. The van der Waals surface area contributed by atoms with Gasteiger partial charge in [-0.15, -0.1) is 0 Å². The number of rotatable bonds is 4. The summed E-state index contributed by atoms with van der Waals surface area (Å²) < 4.78 is 5.96.